The fourth-order valence-electron chi connectivity index (χ4n) is 2.48. The van der Waals surface area contributed by atoms with E-state index in [-0.39, 0.29) is 11.6 Å². The molecule has 3 heterocycles. The van der Waals surface area contributed by atoms with Gasteiger partial charge in [0.2, 0.25) is 0 Å². The zero-order chi connectivity index (χ0) is 15.3. The molecule has 0 radical (unpaired) electrons. The number of aromatic amines is 1. The van der Waals surface area contributed by atoms with Crippen molar-refractivity contribution in [2.24, 2.45) is 7.05 Å². The molecule has 0 saturated heterocycles. The molecule has 0 amide bonds. The lowest BCUT2D eigenvalue weighted by Gasteiger charge is -2.14. The Balaban J connectivity index is 2.33. The molecule has 0 saturated carbocycles. The van der Waals surface area contributed by atoms with E-state index >= 15 is 0 Å². The van der Waals surface area contributed by atoms with E-state index in [1.807, 2.05) is 27.8 Å². The Morgan fingerprint density at radius 3 is 2.76 bits per heavy atom. The second-order valence-corrected chi connectivity index (χ2v) is 6.68. The van der Waals surface area contributed by atoms with E-state index in [1.165, 1.54) is 0 Å². The Bertz CT molecular complexity index is 946. The molecule has 1 N–H and O–H groups in total. The molecule has 110 valence electrons. The Hall–Kier alpha value is -1.80. The monoisotopic (exact) mass is 321 g/mol. The average molecular weight is 321 g/mol. The molecule has 0 aliphatic carbocycles. The Morgan fingerprint density at radius 1 is 1.43 bits per heavy atom. The summed E-state index contributed by atoms with van der Waals surface area (Å²) in [6, 6.07) is -0.280. The standard InChI is InChI=1S/C13H15N5OS2/c1-6-8(3)21-11-9(6)12(19)18(13(20)15-11)7(2)10-16-14-5-17(10)4/h5,7H,1-4H3,(H,15,20). The van der Waals surface area contributed by atoms with Gasteiger partial charge in [-0.2, -0.15) is 0 Å². The van der Waals surface area contributed by atoms with Gasteiger partial charge in [-0.15, -0.1) is 21.5 Å². The lowest BCUT2D eigenvalue weighted by atomic mass is 10.2. The van der Waals surface area contributed by atoms with Crippen molar-refractivity contribution in [3.05, 3.63) is 37.7 Å². The Labute approximate surface area is 130 Å². The molecule has 0 fully saturated rings. The van der Waals surface area contributed by atoms with Crippen molar-refractivity contribution in [1.29, 1.82) is 0 Å². The first kappa shape index (κ1) is 14.2. The highest BCUT2D eigenvalue weighted by molar-refractivity contribution is 7.71. The number of thiophene rings is 1. The van der Waals surface area contributed by atoms with Gasteiger partial charge in [-0.1, -0.05) is 0 Å². The van der Waals surface area contributed by atoms with E-state index < -0.39 is 0 Å². The van der Waals surface area contributed by atoms with Gasteiger partial charge in [-0.05, 0) is 38.6 Å². The van der Waals surface area contributed by atoms with Gasteiger partial charge in [0.1, 0.15) is 11.2 Å². The number of nitrogens with one attached hydrogen (secondary N) is 1. The van der Waals surface area contributed by atoms with Crippen molar-refractivity contribution in [1.82, 2.24) is 24.3 Å². The van der Waals surface area contributed by atoms with Crippen LogP contribution in [0.15, 0.2) is 11.1 Å². The first-order valence-corrected chi connectivity index (χ1v) is 7.72. The maximum absolute atomic E-state index is 12.9. The highest BCUT2D eigenvalue weighted by Crippen LogP contribution is 2.26. The van der Waals surface area contributed by atoms with E-state index in [9.17, 15) is 4.79 Å². The van der Waals surface area contributed by atoms with Gasteiger partial charge in [0.25, 0.3) is 5.56 Å². The molecule has 3 aromatic rings. The number of rotatable bonds is 2. The van der Waals surface area contributed by atoms with Crippen LogP contribution in [0.4, 0.5) is 0 Å². The fourth-order valence-corrected chi connectivity index (χ4v) is 3.94. The minimum absolute atomic E-state index is 0.0777. The topological polar surface area (TPSA) is 68.5 Å². The summed E-state index contributed by atoms with van der Waals surface area (Å²) >= 11 is 6.93. The summed E-state index contributed by atoms with van der Waals surface area (Å²) in [4.78, 5) is 18.0. The normalized spacial score (nSPS) is 13.0. The summed E-state index contributed by atoms with van der Waals surface area (Å²) in [7, 11) is 1.85. The summed E-state index contributed by atoms with van der Waals surface area (Å²) in [6.45, 7) is 5.87. The van der Waals surface area contributed by atoms with Crippen LogP contribution in [0.2, 0.25) is 0 Å². The van der Waals surface area contributed by atoms with Crippen molar-refractivity contribution in [3.8, 4) is 0 Å². The highest BCUT2D eigenvalue weighted by Gasteiger charge is 2.20. The first-order valence-electron chi connectivity index (χ1n) is 6.50. The predicted octanol–water partition coefficient (Wildman–Crippen LogP) is 2.48. The Kier molecular flexibility index (Phi) is 3.29. The maximum Gasteiger partial charge on any atom is 0.263 e. The van der Waals surface area contributed by atoms with Crippen molar-refractivity contribution >= 4 is 33.8 Å². The lowest BCUT2D eigenvalue weighted by molar-refractivity contribution is 0.546. The quantitative estimate of drug-likeness (QED) is 0.736. The summed E-state index contributed by atoms with van der Waals surface area (Å²) < 4.78 is 3.77. The van der Waals surface area contributed by atoms with E-state index in [4.69, 9.17) is 12.2 Å². The number of fused-ring (bicyclic) bond motifs is 1. The molecule has 0 aliphatic heterocycles. The van der Waals surface area contributed by atoms with E-state index in [1.54, 1.807) is 26.8 Å². The summed E-state index contributed by atoms with van der Waals surface area (Å²) in [5.74, 6) is 0.695. The predicted molar refractivity (Wildman–Crippen MR) is 85.6 cm³/mol. The van der Waals surface area contributed by atoms with Crippen LogP contribution in [0.5, 0.6) is 0 Å². The van der Waals surface area contributed by atoms with Crippen molar-refractivity contribution in [3.63, 3.8) is 0 Å². The van der Waals surface area contributed by atoms with Crippen LogP contribution < -0.4 is 5.56 Å². The van der Waals surface area contributed by atoms with Gasteiger partial charge in [0, 0.05) is 11.9 Å². The van der Waals surface area contributed by atoms with Crippen LogP contribution in [0.25, 0.3) is 10.2 Å². The molecule has 1 unspecified atom stereocenters. The van der Waals surface area contributed by atoms with Gasteiger partial charge in [-0.25, -0.2) is 0 Å². The first-order chi connectivity index (χ1) is 9.91. The number of aromatic nitrogens is 5. The number of hydrogen-bond acceptors (Lipinski definition) is 5. The molecule has 0 bridgehead atoms. The molecule has 0 aromatic carbocycles. The molecule has 0 aliphatic rings. The minimum Gasteiger partial charge on any atom is -0.323 e. The number of H-pyrrole nitrogens is 1. The van der Waals surface area contributed by atoms with Crippen molar-refractivity contribution in [2.75, 3.05) is 0 Å². The zero-order valence-electron chi connectivity index (χ0n) is 12.2. The van der Waals surface area contributed by atoms with Crippen LogP contribution >= 0.6 is 23.6 Å². The summed E-state index contributed by atoms with van der Waals surface area (Å²) in [6.07, 6.45) is 1.61. The summed E-state index contributed by atoms with van der Waals surface area (Å²) in [5, 5.41) is 8.65. The Morgan fingerprint density at radius 2 is 2.14 bits per heavy atom. The molecule has 6 nitrogen and oxygen atoms in total. The second-order valence-electron chi connectivity index (χ2n) is 5.07. The third-order valence-corrected chi connectivity index (χ3v) is 5.19. The molecular formula is C13H15N5OS2. The van der Waals surface area contributed by atoms with Gasteiger partial charge in [0.05, 0.1) is 11.4 Å². The van der Waals surface area contributed by atoms with Gasteiger partial charge < -0.3 is 9.55 Å². The smallest absolute Gasteiger partial charge is 0.263 e. The molecule has 3 aromatic heterocycles. The largest absolute Gasteiger partial charge is 0.323 e. The molecule has 1 atom stereocenters. The van der Waals surface area contributed by atoms with E-state index in [0.29, 0.717) is 16.0 Å². The van der Waals surface area contributed by atoms with E-state index in [0.717, 1.165) is 15.3 Å². The molecule has 8 heteroatoms. The van der Waals surface area contributed by atoms with Crippen LogP contribution in [-0.4, -0.2) is 24.3 Å². The third kappa shape index (κ3) is 2.06. The second kappa shape index (κ2) is 4.88. The lowest BCUT2D eigenvalue weighted by Crippen LogP contribution is -2.27. The summed E-state index contributed by atoms with van der Waals surface area (Å²) in [5.41, 5.74) is 0.927. The SMILES string of the molecule is Cc1sc2[nH]c(=S)n(C(C)c3nncn3C)c(=O)c2c1C. The van der Waals surface area contributed by atoms with Crippen molar-refractivity contribution in [2.45, 2.75) is 26.8 Å². The molecule has 0 spiro atoms. The number of aryl methyl sites for hydroxylation is 3. The van der Waals surface area contributed by atoms with Crippen LogP contribution in [0.1, 0.15) is 29.2 Å². The van der Waals surface area contributed by atoms with E-state index in [2.05, 4.69) is 15.2 Å². The number of nitrogens with zero attached hydrogens (tertiary/aromatic N) is 4. The minimum atomic E-state index is -0.280. The van der Waals surface area contributed by atoms with Crippen LogP contribution in [-0.2, 0) is 7.05 Å². The number of hydrogen-bond donors (Lipinski definition) is 1. The maximum atomic E-state index is 12.9. The van der Waals surface area contributed by atoms with Crippen LogP contribution in [0, 0.1) is 18.6 Å². The average Bonchev–Trinajstić information content (AvgIpc) is 2.94. The van der Waals surface area contributed by atoms with Crippen molar-refractivity contribution < 1.29 is 0 Å². The molecule has 21 heavy (non-hydrogen) atoms. The van der Waals surface area contributed by atoms with Gasteiger partial charge >= 0.3 is 0 Å². The van der Waals surface area contributed by atoms with Gasteiger partial charge in [-0.3, -0.25) is 9.36 Å². The highest BCUT2D eigenvalue weighted by atomic mass is 32.1. The van der Waals surface area contributed by atoms with Gasteiger partial charge in [0.15, 0.2) is 10.6 Å². The molecule has 3 rings (SSSR count). The fraction of sp³-hybridized carbons (Fsp3) is 0.385. The van der Waals surface area contributed by atoms with Crippen LogP contribution in [0.3, 0.4) is 0 Å². The molecular weight excluding hydrogens is 306 g/mol. The zero-order valence-corrected chi connectivity index (χ0v) is 13.8. The third-order valence-electron chi connectivity index (χ3n) is 3.76.